The lowest BCUT2D eigenvalue weighted by molar-refractivity contribution is 1.28. The fourth-order valence-corrected chi connectivity index (χ4v) is 9.69. The summed E-state index contributed by atoms with van der Waals surface area (Å²) in [7, 11) is 0. The second-order valence-corrected chi connectivity index (χ2v) is 16.9. The summed E-state index contributed by atoms with van der Waals surface area (Å²) >= 11 is 0. The molecule has 0 radical (unpaired) electrons. The molecule has 0 saturated carbocycles. The smallest absolute Gasteiger partial charge is 0.0462 e. The average Bonchev–Trinajstić information content (AvgIpc) is 3.39. The molecule has 0 aliphatic rings. The van der Waals surface area contributed by atoms with Crippen molar-refractivity contribution >= 4 is 60.2 Å². The predicted octanol–water partition coefficient (Wildman–Crippen LogP) is 18.1. The summed E-state index contributed by atoms with van der Waals surface area (Å²) in [5.41, 5.74) is 15.3. The van der Waals surface area contributed by atoms with Gasteiger partial charge in [0.1, 0.15) is 0 Å². The van der Waals surface area contributed by atoms with Crippen LogP contribution in [0.5, 0.6) is 0 Å². The van der Waals surface area contributed by atoms with Crippen LogP contribution in [0, 0.1) is 0 Å². The third-order valence-corrected chi connectivity index (χ3v) is 13.1. The van der Waals surface area contributed by atoms with Crippen LogP contribution in [0.1, 0.15) is 0 Å². The van der Waals surface area contributed by atoms with Gasteiger partial charge in [-0.3, -0.25) is 0 Å². The highest BCUT2D eigenvalue weighted by Gasteiger charge is 2.17. The van der Waals surface area contributed by atoms with Crippen LogP contribution in [0.4, 0.5) is 17.1 Å². The first kappa shape index (κ1) is 38.2. The number of rotatable bonds is 8. The number of benzene rings is 12. The first-order valence-electron chi connectivity index (χ1n) is 22.4. The van der Waals surface area contributed by atoms with E-state index in [0.29, 0.717) is 0 Å². The zero-order valence-electron chi connectivity index (χ0n) is 35.8. The van der Waals surface area contributed by atoms with Gasteiger partial charge in [0.05, 0.1) is 0 Å². The van der Waals surface area contributed by atoms with E-state index in [0.717, 1.165) is 17.1 Å². The van der Waals surface area contributed by atoms with E-state index in [2.05, 4.69) is 266 Å². The van der Waals surface area contributed by atoms with Gasteiger partial charge in [-0.15, -0.1) is 0 Å². The van der Waals surface area contributed by atoms with Crippen LogP contribution in [-0.2, 0) is 0 Å². The van der Waals surface area contributed by atoms with E-state index < -0.39 is 0 Å². The molecule has 12 rings (SSSR count). The zero-order chi connectivity index (χ0) is 43.1. The van der Waals surface area contributed by atoms with E-state index in [-0.39, 0.29) is 0 Å². The maximum Gasteiger partial charge on any atom is 0.0462 e. The molecule has 0 bridgehead atoms. The molecule has 0 aromatic heterocycles. The lowest BCUT2D eigenvalue weighted by Crippen LogP contribution is -2.09. The predicted molar refractivity (Wildman–Crippen MR) is 278 cm³/mol. The lowest BCUT2D eigenvalue weighted by atomic mass is 9.90. The van der Waals surface area contributed by atoms with E-state index >= 15 is 0 Å². The Balaban J connectivity index is 0.903. The van der Waals surface area contributed by atoms with Crippen molar-refractivity contribution < 1.29 is 0 Å². The molecule has 0 spiro atoms. The molecular weight excluding hydrogens is 783 g/mol. The summed E-state index contributed by atoms with van der Waals surface area (Å²) in [6.07, 6.45) is 0. The second-order valence-electron chi connectivity index (χ2n) is 16.9. The van der Waals surface area contributed by atoms with Crippen LogP contribution in [0.3, 0.4) is 0 Å². The fourth-order valence-electron chi connectivity index (χ4n) is 9.69. The topological polar surface area (TPSA) is 3.24 Å². The Kier molecular flexibility index (Phi) is 9.58. The standard InChI is InChI=1S/C64H43N/c1-2-13-52(14-3-1)64-62-17-9-7-12-50(62)32-41-63(64)51-30-38-59(39-31-51)65(58-36-28-48(29-37-58)55-33-40-61-56(43-55)25-23-49-11-6-8-16-60(49)61)57-34-26-46(27-35-57)45-18-20-47(21-19-45)54-24-22-44-10-4-5-15-53(44)42-54/h1-43H. The first-order chi connectivity index (χ1) is 32.2. The Morgan fingerprint density at radius 3 is 1.22 bits per heavy atom. The van der Waals surface area contributed by atoms with Crippen LogP contribution in [-0.4, -0.2) is 0 Å². The second kappa shape index (κ2) is 16.3. The number of hydrogen-bond donors (Lipinski definition) is 0. The third-order valence-electron chi connectivity index (χ3n) is 13.1. The van der Waals surface area contributed by atoms with Crippen molar-refractivity contribution in [3.05, 3.63) is 261 Å². The molecule has 0 aliphatic heterocycles. The van der Waals surface area contributed by atoms with Gasteiger partial charge in [0, 0.05) is 17.1 Å². The largest absolute Gasteiger partial charge is 0.311 e. The van der Waals surface area contributed by atoms with Gasteiger partial charge in [-0.25, -0.2) is 0 Å². The van der Waals surface area contributed by atoms with Crippen molar-refractivity contribution in [2.75, 3.05) is 4.90 Å². The molecule has 0 saturated heterocycles. The Morgan fingerprint density at radius 2 is 0.585 bits per heavy atom. The third kappa shape index (κ3) is 7.20. The van der Waals surface area contributed by atoms with Gasteiger partial charge in [-0.05, 0) is 147 Å². The molecule has 0 heterocycles. The molecule has 0 N–H and O–H groups in total. The summed E-state index contributed by atoms with van der Waals surface area (Å²) < 4.78 is 0. The first-order valence-corrected chi connectivity index (χ1v) is 22.4. The van der Waals surface area contributed by atoms with Crippen LogP contribution in [0.15, 0.2) is 261 Å². The van der Waals surface area contributed by atoms with E-state index in [4.69, 9.17) is 0 Å². The van der Waals surface area contributed by atoms with Gasteiger partial charge >= 0.3 is 0 Å². The average molecular weight is 826 g/mol. The van der Waals surface area contributed by atoms with Crippen molar-refractivity contribution in [2.45, 2.75) is 0 Å². The molecule has 12 aromatic carbocycles. The Hall–Kier alpha value is -8.52. The van der Waals surface area contributed by atoms with Gasteiger partial charge in [0.15, 0.2) is 0 Å². The van der Waals surface area contributed by atoms with E-state index in [9.17, 15) is 0 Å². The Bertz CT molecular complexity index is 3660. The summed E-state index contributed by atoms with van der Waals surface area (Å²) in [5, 5.41) is 10.1. The number of fused-ring (bicyclic) bond motifs is 5. The van der Waals surface area contributed by atoms with E-state index in [1.54, 1.807) is 0 Å². The molecule has 65 heavy (non-hydrogen) atoms. The highest BCUT2D eigenvalue weighted by Crippen LogP contribution is 2.42. The van der Waals surface area contributed by atoms with Crippen LogP contribution in [0.25, 0.3) is 98.7 Å². The number of nitrogens with zero attached hydrogens (tertiary/aromatic N) is 1. The van der Waals surface area contributed by atoms with Crippen LogP contribution in [0.2, 0.25) is 0 Å². The van der Waals surface area contributed by atoms with Crippen molar-refractivity contribution in [1.82, 2.24) is 0 Å². The molecule has 0 fully saturated rings. The summed E-state index contributed by atoms with van der Waals surface area (Å²) in [5.74, 6) is 0. The molecule has 0 aliphatic carbocycles. The minimum atomic E-state index is 1.09. The normalized spacial score (nSPS) is 11.4. The van der Waals surface area contributed by atoms with Gasteiger partial charge < -0.3 is 4.90 Å². The number of hydrogen-bond acceptors (Lipinski definition) is 1. The molecule has 1 heteroatoms. The molecule has 0 amide bonds. The molecule has 0 atom stereocenters. The minimum absolute atomic E-state index is 1.09. The maximum atomic E-state index is 2.37. The fraction of sp³-hybridized carbons (Fsp3) is 0. The quantitative estimate of drug-likeness (QED) is 0.138. The molecular formula is C64H43N. The van der Waals surface area contributed by atoms with E-state index in [1.807, 2.05) is 0 Å². The Morgan fingerprint density at radius 1 is 0.200 bits per heavy atom. The SMILES string of the molecule is c1ccc(-c2c(-c3ccc(N(c4ccc(-c5ccc(-c6ccc7ccccc7c6)cc5)cc4)c4ccc(-c5ccc6c(ccc7ccccc76)c5)cc4)cc3)ccc3ccccc23)cc1. The molecule has 304 valence electrons. The van der Waals surface area contributed by atoms with Crippen LogP contribution < -0.4 is 4.90 Å². The van der Waals surface area contributed by atoms with Gasteiger partial charge in [-0.2, -0.15) is 0 Å². The van der Waals surface area contributed by atoms with Crippen molar-refractivity contribution in [1.29, 1.82) is 0 Å². The van der Waals surface area contributed by atoms with Crippen molar-refractivity contribution in [2.24, 2.45) is 0 Å². The number of anilines is 3. The summed E-state index contributed by atoms with van der Waals surface area (Å²) in [6.45, 7) is 0. The summed E-state index contributed by atoms with van der Waals surface area (Å²) in [6, 6.07) is 95.2. The maximum absolute atomic E-state index is 2.37. The minimum Gasteiger partial charge on any atom is -0.311 e. The molecule has 0 unspecified atom stereocenters. The zero-order valence-corrected chi connectivity index (χ0v) is 35.8. The monoisotopic (exact) mass is 825 g/mol. The lowest BCUT2D eigenvalue weighted by Gasteiger charge is -2.26. The van der Waals surface area contributed by atoms with Crippen LogP contribution >= 0.6 is 0 Å². The summed E-state index contributed by atoms with van der Waals surface area (Å²) in [4.78, 5) is 2.37. The highest BCUT2D eigenvalue weighted by atomic mass is 15.1. The molecule has 1 nitrogen and oxygen atoms in total. The van der Waals surface area contributed by atoms with Gasteiger partial charge in [-0.1, -0.05) is 212 Å². The molecule has 12 aromatic rings. The highest BCUT2D eigenvalue weighted by molar-refractivity contribution is 6.08. The van der Waals surface area contributed by atoms with Crippen molar-refractivity contribution in [3.63, 3.8) is 0 Å². The Labute approximate surface area is 379 Å². The van der Waals surface area contributed by atoms with Gasteiger partial charge in [0.25, 0.3) is 0 Å². The van der Waals surface area contributed by atoms with Gasteiger partial charge in [0.2, 0.25) is 0 Å². The van der Waals surface area contributed by atoms with E-state index in [1.165, 1.54) is 98.7 Å². The van der Waals surface area contributed by atoms with Crippen molar-refractivity contribution in [3.8, 4) is 55.6 Å².